The van der Waals surface area contributed by atoms with Crippen LogP contribution >= 0.6 is 15.9 Å². The molecule has 0 saturated heterocycles. The second-order valence-electron chi connectivity index (χ2n) is 4.29. The molecule has 5 heteroatoms. The van der Waals surface area contributed by atoms with Gasteiger partial charge in [0.25, 0.3) is 0 Å². The Morgan fingerprint density at radius 2 is 1.95 bits per heavy atom. The first-order valence-electron chi connectivity index (χ1n) is 6.71. The zero-order chi connectivity index (χ0) is 14.8. The van der Waals surface area contributed by atoms with E-state index in [9.17, 15) is 4.79 Å². The van der Waals surface area contributed by atoms with E-state index in [2.05, 4.69) is 22.9 Å². The van der Waals surface area contributed by atoms with Gasteiger partial charge < -0.3 is 14.2 Å². The van der Waals surface area contributed by atoms with Gasteiger partial charge in [0.1, 0.15) is 12.4 Å². The van der Waals surface area contributed by atoms with Gasteiger partial charge in [-0.15, -0.1) is 0 Å². The quantitative estimate of drug-likeness (QED) is 0.481. The smallest absolute Gasteiger partial charge is 0.188 e. The van der Waals surface area contributed by atoms with E-state index in [1.807, 2.05) is 0 Å². The molecule has 0 heterocycles. The van der Waals surface area contributed by atoms with E-state index in [0.29, 0.717) is 24.5 Å². The lowest BCUT2D eigenvalue weighted by molar-refractivity contribution is 0.0432. The van der Waals surface area contributed by atoms with Gasteiger partial charge in [0.2, 0.25) is 0 Å². The Morgan fingerprint density at radius 1 is 1.20 bits per heavy atom. The van der Waals surface area contributed by atoms with Crippen LogP contribution in [0.2, 0.25) is 0 Å². The average Bonchev–Trinajstić information content (AvgIpc) is 2.46. The van der Waals surface area contributed by atoms with Crippen molar-refractivity contribution in [3.63, 3.8) is 0 Å². The Morgan fingerprint density at radius 3 is 2.60 bits per heavy atom. The molecule has 0 aromatic heterocycles. The van der Waals surface area contributed by atoms with Gasteiger partial charge >= 0.3 is 0 Å². The minimum absolute atomic E-state index is 0.0538. The summed E-state index contributed by atoms with van der Waals surface area (Å²) in [5.41, 5.74) is 0.601. The predicted molar refractivity (Wildman–Crippen MR) is 81.6 cm³/mol. The summed E-state index contributed by atoms with van der Waals surface area (Å²) in [5, 5.41) is 0. The van der Waals surface area contributed by atoms with Gasteiger partial charge in [0.15, 0.2) is 5.78 Å². The van der Waals surface area contributed by atoms with Gasteiger partial charge in [-0.3, -0.25) is 4.79 Å². The average molecular weight is 345 g/mol. The molecule has 0 spiro atoms. The molecule has 0 aliphatic heterocycles. The van der Waals surface area contributed by atoms with Crippen molar-refractivity contribution >= 4 is 21.7 Å². The molecule has 0 aliphatic carbocycles. The van der Waals surface area contributed by atoms with Crippen LogP contribution in [-0.2, 0) is 9.47 Å². The first-order chi connectivity index (χ1) is 9.69. The highest BCUT2D eigenvalue weighted by Crippen LogP contribution is 2.25. The third kappa shape index (κ3) is 6.03. The number of hydrogen-bond acceptors (Lipinski definition) is 4. The lowest BCUT2D eigenvalue weighted by atomic mass is 10.1. The normalized spacial score (nSPS) is 10.6. The number of benzene rings is 1. The van der Waals surface area contributed by atoms with Crippen molar-refractivity contribution in [1.29, 1.82) is 0 Å². The fourth-order valence-electron chi connectivity index (χ4n) is 1.55. The number of ether oxygens (including phenoxy) is 3. The van der Waals surface area contributed by atoms with E-state index in [1.165, 1.54) is 0 Å². The highest BCUT2D eigenvalue weighted by molar-refractivity contribution is 9.10. The molecule has 0 fully saturated rings. The van der Waals surface area contributed by atoms with Gasteiger partial charge in [0.05, 0.1) is 24.8 Å². The molecule has 4 nitrogen and oxygen atoms in total. The minimum Gasteiger partial charge on any atom is -0.496 e. The van der Waals surface area contributed by atoms with E-state index in [-0.39, 0.29) is 12.4 Å². The molecule has 0 N–H and O–H groups in total. The van der Waals surface area contributed by atoms with Crippen molar-refractivity contribution in [2.24, 2.45) is 0 Å². The molecule has 1 aromatic rings. The molecule has 0 bridgehead atoms. The van der Waals surface area contributed by atoms with E-state index in [1.54, 1.807) is 25.3 Å². The molecule has 0 aliphatic rings. The number of unbranched alkanes of at least 4 members (excludes halogenated alkanes) is 1. The van der Waals surface area contributed by atoms with Crippen LogP contribution in [0, 0.1) is 0 Å². The third-order valence-electron chi connectivity index (χ3n) is 2.72. The van der Waals surface area contributed by atoms with Crippen molar-refractivity contribution in [1.82, 2.24) is 0 Å². The first-order valence-corrected chi connectivity index (χ1v) is 7.50. The summed E-state index contributed by atoms with van der Waals surface area (Å²) in [6.07, 6.45) is 2.17. The molecular weight excluding hydrogens is 324 g/mol. The van der Waals surface area contributed by atoms with Crippen LogP contribution in [0.3, 0.4) is 0 Å². The molecule has 0 saturated carbocycles. The molecular formula is C15H21BrO4. The maximum Gasteiger partial charge on any atom is 0.188 e. The molecule has 112 valence electrons. The summed E-state index contributed by atoms with van der Waals surface area (Å²) in [6, 6.07) is 5.22. The Labute approximate surface area is 128 Å². The number of methoxy groups -OCH3 is 1. The number of carbonyl (C=O) groups is 1. The van der Waals surface area contributed by atoms with Crippen molar-refractivity contribution in [2.75, 3.05) is 33.5 Å². The van der Waals surface area contributed by atoms with Gasteiger partial charge in [-0.25, -0.2) is 0 Å². The summed E-state index contributed by atoms with van der Waals surface area (Å²) in [6.45, 7) is 3.90. The summed E-state index contributed by atoms with van der Waals surface area (Å²) >= 11 is 3.35. The van der Waals surface area contributed by atoms with Crippen molar-refractivity contribution in [3.8, 4) is 5.75 Å². The van der Waals surface area contributed by atoms with Gasteiger partial charge in [0, 0.05) is 12.2 Å². The number of carbonyl (C=O) groups excluding carboxylic acids is 1. The molecule has 0 amide bonds. The fraction of sp³-hybridized carbons (Fsp3) is 0.533. The summed E-state index contributed by atoms with van der Waals surface area (Å²) in [4.78, 5) is 11.9. The number of ketones is 1. The molecule has 0 radical (unpaired) electrons. The fourth-order valence-corrected chi connectivity index (χ4v) is 2.10. The maximum absolute atomic E-state index is 11.9. The van der Waals surface area contributed by atoms with Crippen LogP contribution in [0.4, 0.5) is 0 Å². The van der Waals surface area contributed by atoms with Crippen molar-refractivity contribution in [2.45, 2.75) is 19.8 Å². The Balaban J connectivity index is 2.27. The van der Waals surface area contributed by atoms with E-state index >= 15 is 0 Å². The second-order valence-corrected chi connectivity index (χ2v) is 5.15. The predicted octanol–water partition coefficient (Wildman–Crippen LogP) is 3.47. The monoisotopic (exact) mass is 344 g/mol. The number of rotatable bonds is 10. The van der Waals surface area contributed by atoms with E-state index in [4.69, 9.17) is 14.2 Å². The summed E-state index contributed by atoms with van der Waals surface area (Å²) < 4.78 is 16.5. The Bertz CT molecular complexity index is 420. The SMILES string of the molecule is CCCCOCCOCC(=O)c1ccc(OC)c(Br)c1. The van der Waals surface area contributed by atoms with E-state index < -0.39 is 0 Å². The number of hydrogen-bond donors (Lipinski definition) is 0. The topological polar surface area (TPSA) is 44.8 Å². The van der Waals surface area contributed by atoms with Crippen molar-refractivity contribution in [3.05, 3.63) is 28.2 Å². The number of halogens is 1. The first kappa shape index (κ1) is 17.1. The van der Waals surface area contributed by atoms with Gasteiger partial charge in [-0.2, -0.15) is 0 Å². The van der Waals surface area contributed by atoms with Crippen LogP contribution in [0.5, 0.6) is 5.75 Å². The minimum atomic E-state index is -0.0538. The molecule has 1 rings (SSSR count). The molecule has 0 atom stereocenters. The van der Waals surface area contributed by atoms with Crippen molar-refractivity contribution < 1.29 is 19.0 Å². The van der Waals surface area contributed by atoms with Crippen LogP contribution in [0.15, 0.2) is 22.7 Å². The molecule has 1 aromatic carbocycles. The van der Waals surface area contributed by atoms with Crippen LogP contribution in [0.25, 0.3) is 0 Å². The zero-order valence-corrected chi connectivity index (χ0v) is 13.6. The lowest BCUT2D eigenvalue weighted by Gasteiger charge is -2.07. The highest BCUT2D eigenvalue weighted by atomic mass is 79.9. The van der Waals surface area contributed by atoms with Crippen LogP contribution < -0.4 is 4.74 Å². The second kappa shape index (κ2) is 9.91. The summed E-state index contributed by atoms with van der Waals surface area (Å²) in [7, 11) is 1.59. The zero-order valence-electron chi connectivity index (χ0n) is 12.0. The van der Waals surface area contributed by atoms with E-state index in [0.717, 1.165) is 23.9 Å². The molecule has 20 heavy (non-hydrogen) atoms. The van der Waals surface area contributed by atoms with Gasteiger partial charge in [-0.1, -0.05) is 13.3 Å². The highest BCUT2D eigenvalue weighted by Gasteiger charge is 2.09. The number of Topliss-reactive ketones (excluding diaryl/α,β-unsaturated/α-hetero) is 1. The van der Waals surface area contributed by atoms with Crippen LogP contribution in [-0.4, -0.2) is 39.3 Å². The molecule has 0 unspecified atom stereocenters. The standard InChI is InChI=1S/C15H21BrO4/c1-3-4-7-19-8-9-20-11-14(17)12-5-6-15(18-2)13(16)10-12/h5-6,10H,3-4,7-9,11H2,1-2H3. The van der Waals surface area contributed by atoms with Gasteiger partial charge in [-0.05, 0) is 40.5 Å². The van der Waals surface area contributed by atoms with Crippen LogP contribution in [0.1, 0.15) is 30.1 Å². The summed E-state index contributed by atoms with van der Waals surface area (Å²) in [5.74, 6) is 0.647. The Kier molecular flexibility index (Phi) is 8.49. The maximum atomic E-state index is 11.9. The lowest BCUT2D eigenvalue weighted by Crippen LogP contribution is -2.13. The largest absolute Gasteiger partial charge is 0.496 e. The third-order valence-corrected chi connectivity index (χ3v) is 3.34. The Hall–Kier alpha value is -0.910.